The number of hydrogen-bond donors (Lipinski definition) is 1. The molecule has 0 spiro atoms. The van der Waals surface area contributed by atoms with Gasteiger partial charge in [0.2, 0.25) is 0 Å². The molecule has 0 bridgehead atoms. The number of rotatable bonds is 4. The second-order valence-electron chi connectivity index (χ2n) is 4.31. The number of thiophene rings is 1. The second kappa shape index (κ2) is 4.89. The highest BCUT2D eigenvalue weighted by molar-refractivity contribution is 7.13. The molecule has 6 heteroatoms. The Balaban J connectivity index is 2.32. The van der Waals surface area contributed by atoms with E-state index in [0.29, 0.717) is 11.6 Å². The smallest absolute Gasteiger partial charge is 0.306 e. The standard InChI is InChI=1S/C12H15N3O2S/c1-7(8(2)12(16)17)11-13-10(14-15(11)3)9-5-4-6-18-9/h4-8H,1-3H3,(H,16,17). The van der Waals surface area contributed by atoms with E-state index in [2.05, 4.69) is 10.1 Å². The predicted molar refractivity (Wildman–Crippen MR) is 69.5 cm³/mol. The molecule has 2 aromatic rings. The maximum atomic E-state index is 11.0. The minimum absolute atomic E-state index is 0.172. The highest BCUT2D eigenvalue weighted by Gasteiger charge is 2.25. The van der Waals surface area contributed by atoms with Gasteiger partial charge in [0.15, 0.2) is 5.82 Å². The zero-order valence-electron chi connectivity index (χ0n) is 10.5. The third-order valence-corrected chi connectivity index (χ3v) is 3.95. The topological polar surface area (TPSA) is 68.0 Å². The Morgan fingerprint density at radius 3 is 2.78 bits per heavy atom. The molecule has 1 N–H and O–H groups in total. The molecular weight excluding hydrogens is 250 g/mol. The van der Waals surface area contributed by atoms with Crippen LogP contribution in [-0.4, -0.2) is 25.8 Å². The van der Waals surface area contributed by atoms with Crippen molar-refractivity contribution in [3.05, 3.63) is 23.3 Å². The van der Waals surface area contributed by atoms with Crippen molar-refractivity contribution < 1.29 is 9.90 Å². The van der Waals surface area contributed by atoms with Crippen LogP contribution in [0.2, 0.25) is 0 Å². The highest BCUT2D eigenvalue weighted by Crippen LogP contribution is 2.26. The summed E-state index contributed by atoms with van der Waals surface area (Å²) < 4.78 is 1.67. The van der Waals surface area contributed by atoms with Crippen LogP contribution in [0.1, 0.15) is 25.6 Å². The van der Waals surface area contributed by atoms with E-state index in [9.17, 15) is 4.79 Å². The van der Waals surface area contributed by atoms with E-state index in [1.54, 1.807) is 30.0 Å². The van der Waals surface area contributed by atoms with Crippen molar-refractivity contribution in [2.75, 3.05) is 0 Å². The molecule has 2 aromatic heterocycles. The number of aryl methyl sites for hydroxylation is 1. The largest absolute Gasteiger partial charge is 0.481 e. The van der Waals surface area contributed by atoms with E-state index in [1.807, 2.05) is 24.4 Å². The monoisotopic (exact) mass is 265 g/mol. The number of aromatic nitrogens is 3. The second-order valence-corrected chi connectivity index (χ2v) is 5.26. The first-order valence-electron chi connectivity index (χ1n) is 5.68. The molecule has 0 aliphatic heterocycles. The maximum absolute atomic E-state index is 11.0. The first-order chi connectivity index (χ1) is 8.50. The van der Waals surface area contributed by atoms with E-state index < -0.39 is 11.9 Å². The molecule has 2 heterocycles. The molecule has 5 nitrogen and oxygen atoms in total. The van der Waals surface area contributed by atoms with Crippen molar-refractivity contribution in [1.29, 1.82) is 0 Å². The van der Waals surface area contributed by atoms with Crippen molar-refractivity contribution in [3.63, 3.8) is 0 Å². The number of aliphatic carboxylic acids is 1. The number of nitrogens with zero attached hydrogens (tertiary/aromatic N) is 3. The van der Waals surface area contributed by atoms with E-state index in [0.717, 1.165) is 4.88 Å². The summed E-state index contributed by atoms with van der Waals surface area (Å²) in [5.74, 6) is -0.110. The lowest BCUT2D eigenvalue weighted by molar-refractivity contribution is -0.141. The molecule has 0 radical (unpaired) electrons. The van der Waals surface area contributed by atoms with Crippen molar-refractivity contribution in [3.8, 4) is 10.7 Å². The SMILES string of the molecule is CC(C(=O)O)C(C)c1nc(-c2cccs2)nn1C. The number of carboxylic acid groups (broad SMARTS) is 1. The van der Waals surface area contributed by atoms with Crippen LogP contribution in [0.5, 0.6) is 0 Å². The maximum Gasteiger partial charge on any atom is 0.306 e. The number of carbonyl (C=O) groups is 1. The fourth-order valence-electron chi connectivity index (χ4n) is 1.74. The van der Waals surface area contributed by atoms with Gasteiger partial charge in [-0.25, -0.2) is 4.98 Å². The van der Waals surface area contributed by atoms with Crippen LogP contribution in [0.25, 0.3) is 10.7 Å². The summed E-state index contributed by atoms with van der Waals surface area (Å²) >= 11 is 1.57. The third-order valence-electron chi connectivity index (χ3n) is 3.09. The van der Waals surface area contributed by atoms with Crippen molar-refractivity contribution >= 4 is 17.3 Å². The lowest BCUT2D eigenvalue weighted by atomic mass is 9.95. The predicted octanol–water partition coefficient (Wildman–Crippen LogP) is 2.37. The normalized spacial score (nSPS) is 14.4. The van der Waals surface area contributed by atoms with Crippen LogP contribution in [-0.2, 0) is 11.8 Å². The summed E-state index contributed by atoms with van der Waals surface area (Å²) in [5.41, 5.74) is 0. The molecule has 2 atom stereocenters. The minimum Gasteiger partial charge on any atom is -0.481 e. The van der Waals surface area contributed by atoms with Crippen LogP contribution in [0.15, 0.2) is 17.5 Å². The van der Waals surface area contributed by atoms with Crippen molar-refractivity contribution in [2.45, 2.75) is 19.8 Å². The Bertz CT molecular complexity index is 548. The number of carboxylic acids is 1. The van der Waals surface area contributed by atoms with E-state index in [-0.39, 0.29) is 5.92 Å². The summed E-state index contributed by atoms with van der Waals surface area (Å²) in [5, 5.41) is 15.3. The van der Waals surface area contributed by atoms with Gasteiger partial charge in [-0.2, -0.15) is 5.10 Å². The molecule has 0 aliphatic rings. The quantitative estimate of drug-likeness (QED) is 0.921. The van der Waals surface area contributed by atoms with Gasteiger partial charge in [0.1, 0.15) is 5.82 Å². The van der Waals surface area contributed by atoms with Gasteiger partial charge in [0.25, 0.3) is 0 Å². The van der Waals surface area contributed by atoms with Crippen LogP contribution in [0.4, 0.5) is 0 Å². The van der Waals surface area contributed by atoms with Gasteiger partial charge in [0, 0.05) is 13.0 Å². The van der Waals surface area contributed by atoms with Gasteiger partial charge in [-0.15, -0.1) is 11.3 Å². The Morgan fingerprint density at radius 2 is 2.22 bits per heavy atom. The Labute approximate surface area is 109 Å². The third kappa shape index (κ3) is 2.28. The molecule has 0 saturated carbocycles. The number of hydrogen-bond acceptors (Lipinski definition) is 4. The zero-order valence-corrected chi connectivity index (χ0v) is 11.3. The van der Waals surface area contributed by atoms with Gasteiger partial charge < -0.3 is 5.11 Å². The summed E-state index contributed by atoms with van der Waals surface area (Å²) in [6, 6.07) is 3.90. The average Bonchev–Trinajstić information content (AvgIpc) is 2.95. The summed E-state index contributed by atoms with van der Waals surface area (Å²) in [4.78, 5) is 16.5. The Morgan fingerprint density at radius 1 is 1.50 bits per heavy atom. The molecule has 18 heavy (non-hydrogen) atoms. The first-order valence-corrected chi connectivity index (χ1v) is 6.56. The lowest BCUT2D eigenvalue weighted by Crippen LogP contribution is -2.19. The van der Waals surface area contributed by atoms with Gasteiger partial charge >= 0.3 is 5.97 Å². The summed E-state index contributed by atoms with van der Waals surface area (Å²) in [6.45, 7) is 3.55. The summed E-state index contributed by atoms with van der Waals surface area (Å²) in [6.07, 6.45) is 0. The molecular formula is C12H15N3O2S. The van der Waals surface area contributed by atoms with Crippen molar-refractivity contribution in [2.24, 2.45) is 13.0 Å². The van der Waals surface area contributed by atoms with Gasteiger partial charge in [-0.3, -0.25) is 9.48 Å². The lowest BCUT2D eigenvalue weighted by Gasteiger charge is -2.14. The molecule has 0 amide bonds. The fraction of sp³-hybridized carbons (Fsp3) is 0.417. The van der Waals surface area contributed by atoms with Crippen LogP contribution in [0, 0.1) is 5.92 Å². The molecule has 0 saturated heterocycles. The van der Waals surface area contributed by atoms with Gasteiger partial charge in [-0.05, 0) is 11.4 Å². The van der Waals surface area contributed by atoms with Crippen molar-refractivity contribution in [1.82, 2.24) is 14.8 Å². The molecule has 96 valence electrons. The molecule has 2 rings (SSSR count). The molecule has 0 aliphatic carbocycles. The van der Waals surface area contributed by atoms with Crippen LogP contribution in [0.3, 0.4) is 0 Å². The van der Waals surface area contributed by atoms with E-state index in [4.69, 9.17) is 5.11 Å². The Hall–Kier alpha value is -1.69. The molecule has 0 aromatic carbocycles. The van der Waals surface area contributed by atoms with E-state index >= 15 is 0 Å². The molecule has 2 unspecified atom stereocenters. The first kappa shape index (κ1) is 12.8. The fourth-order valence-corrected chi connectivity index (χ4v) is 2.39. The van der Waals surface area contributed by atoms with Gasteiger partial charge in [-0.1, -0.05) is 19.9 Å². The van der Waals surface area contributed by atoms with Gasteiger partial charge in [0.05, 0.1) is 10.8 Å². The zero-order chi connectivity index (χ0) is 13.3. The van der Waals surface area contributed by atoms with Crippen LogP contribution >= 0.6 is 11.3 Å². The highest BCUT2D eigenvalue weighted by atomic mass is 32.1. The van der Waals surface area contributed by atoms with E-state index in [1.165, 1.54) is 0 Å². The van der Waals surface area contributed by atoms with Crippen LogP contribution < -0.4 is 0 Å². The average molecular weight is 265 g/mol. The summed E-state index contributed by atoms with van der Waals surface area (Å²) in [7, 11) is 1.80. The molecule has 0 fully saturated rings. The Kier molecular flexibility index (Phi) is 3.47. The minimum atomic E-state index is -0.817.